The highest BCUT2D eigenvalue weighted by Crippen LogP contribution is 2.16. The second-order valence-electron chi connectivity index (χ2n) is 6.17. The number of carbonyl (C=O) groups excluding carboxylic acids is 1. The molecule has 2 N–H and O–H groups in total. The minimum Gasteiger partial charge on any atom is -0.375 e. The molecule has 0 fully saturated rings. The van der Waals surface area contributed by atoms with Crippen LogP contribution in [-0.4, -0.2) is 39.0 Å². The fourth-order valence-electron chi connectivity index (χ4n) is 3.02. The molecule has 124 valence electrons. The van der Waals surface area contributed by atoms with Crippen molar-refractivity contribution in [1.82, 2.24) is 25.3 Å². The number of ether oxygens (including phenoxy) is 1. The zero-order valence-electron chi connectivity index (χ0n) is 13.5. The first kappa shape index (κ1) is 14.9. The number of H-pyrrole nitrogens is 1. The van der Waals surface area contributed by atoms with E-state index in [1.54, 1.807) is 0 Å². The van der Waals surface area contributed by atoms with Crippen LogP contribution < -0.4 is 5.32 Å². The summed E-state index contributed by atoms with van der Waals surface area (Å²) >= 11 is 0. The van der Waals surface area contributed by atoms with Crippen LogP contribution in [0.2, 0.25) is 0 Å². The maximum absolute atomic E-state index is 12.4. The molecule has 1 atom stereocenters. The number of hydrogen-bond donors (Lipinski definition) is 2. The summed E-state index contributed by atoms with van der Waals surface area (Å²) in [5.41, 5.74) is 3.60. The molecular formula is C17H19N5O2. The molecule has 1 unspecified atom stereocenters. The molecule has 24 heavy (non-hydrogen) atoms. The van der Waals surface area contributed by atoms with Gasteiger partial charge in [-0.3, -0.25) is 4.79 Å². The van der Waals surface area contributed by atoms with E-state index in [0.717, 1.165) is 22.3 Å². The summed E-state index contributed by atoms with van der Waals surface area (Å²) < 4.78 is 7.58. The summed E-state index contributed by atoms with van der Waals surface area (Å²) in [7, 11) is 0. The first-order chi connectivity index (χ1) is 11.7. The van der Waals surface area contributed by atoms with Gasteiger partial charge in [-0.25, -0.2) is 4.68 Å². The van der Waals surface area contributed by atoms with Crippen LogP contribution in [0.1, 0.15) is 21.7 Å². The van der Waals surface area contributed by atoms with Crippen molar-refractivity contribution in [3.63, 3.8) is 0 Å². The van der Waals surface area contributed by atoms with E-state index in [9.17, 15) is 4.79 Å². The molecule has 1 amide bonds. The van der Waals surface area contributed by atoms with E-state index in [-0.39, 0.29) is 11.8 Å². The molecular weight excluding hydrogens is 306 g/mol. The normalized spacial score (nSPS) is 17.5. The Morgan fingerprint density at radius 1 is 1.46 bits per heavy atom. The zero-order chi connectivity index (χ0) is 16.5. The first-order valence-corrected chi connectivity index (χ1v) is 8.03. The van der Waals surface area contributed by atoms with Crippen LogP contribution in [0.3, 0.4) is 0 Å². The summed E-state index contributed by atoms with van der Waals surface area (Å²) in [6.45, 7) is 4.30. The monoisotopic (exact) mass is 325 g/mol. The van der Waals surface area contributed by atoms with E-state index < -0.39 is 0 Å². The Bertz CT molecular complexity index is 882. The summed E-state index contributed by atoms with van der Waals surface area (Å²) in [4.78, 5) is 15.5. The van der Waals surface area contributed by atoms with Crippen molar-refractivity contribution in [2.45, 2.75) is 20.1 Å². The molecule has 1 aliphatic heterocycles. The van der Waals surface area contributed by atoms with Crippen LogP contribution in [0, 0.1) is 12.8 Å². The maximum Gasteiger partial charge on any atom is 0.251 e. The molecule has 1 aliphatic rings. The van der Waals surface area contributed by atoms with Crippen molar-refractivity contribution in [1.29, 1.82) is 0 Å². The van der Waals surface area contributed by atoms with Crippen LogP contribution in [0.15, 0.2) is 30.5 Å². The number of amides is 1. The number of aromatic nitrogens is 4. The van der Waals surface area contributed by atoms with Crippen LogP contribution in [0.5, 0.6) is 0 Å². The molecule has 0 aliphatic carbocycles. The molecule has 1 aromatic carbocycles. The van der Waals surface area contributed by atoms with Gasteiger partial charge in [0.25, 0.3) is 5.91 Å². The van der Waals surface area contributed by atoms with Gasteiger partial charge >= 0.3 is 0 Å². The number of aromatic amines is 1. The van der Waals surface area contributed by atoms with Crippen LogP contribution in [-0.2, 0) is 17.9 Å². The lowest BCUT2D eigenvalue weighted by Crippen LogP contribution is -2.32. The Labute approximate surface area is 139 Å². The average Bonchev–Trinajstić information content (AvgIpc) is 3.13. The second kappa shape index (κ2) is 6.09. The number of hydrogen-bond acceptors (Lipinski definition) is 4. The zero-order valence-corrected chi connectivity index (χ0v) is 13.5. The van der Waals surface area contributed by atoms with Crippen molar-refractivity contribution in [3.8, 4) is 0 Å². The molecule has 4 rings (SSSR count). The molecule has 3 aromatic rings. The molecule has 7 nitrogen and oxygen atoms in total. The Kier molecular flexibility index (Phi) is 3.78. The molecule has 0 spiro atoms. The molecule has 0 saturated carbocycles. The minimum atomic E-state index is -0.0719. The maximum atomic E-state index is 12.4. The van der Waals surface area contributed by atoms with Gasteiger partial charge in [0.15, 0.2) is 0 Å². The third-order valence-electron chi connectivity index (χ3n) is 4.42. The predicted molar refractivity (Wildman–Crippen MR) is 88.5 cm³/mol. The van der Waals surface area contributed by atoms with Crippen molar-refractivity contribution in [3.05, 3.63) is 47.4 Å². The lowest BCUT2D eigenvalue weighted by atomic mass is 10.1. The minimum absolute atomic E-state index is 0.0719. The van der Waals surface area contributed by atoms with E-state index in [1.807, 2.05) is 42.1 Å². The largest absolute Gasteiger partial charge is 0.375 e. The fourth-order valence-corrected chi connectivity index (χ4v) is 3.02. The van der Waals surface area contributed by atoms with Crippen molar-refractivity contribution < 1.29 is 9.53 Å². The van der Waals surface area contributed by atoms with Crippen molar-refractivity contribution >= 4 is 16.8 Å². The Morgan fingerprint density at radius 3 is 3.29 bits per heavy atom. The lowest BCUT2D eigenvalue weighted by Gasteiger charge is -2.15. The topological polar surface area (TPSA) is 84.8 Å². The SMILES string of the molecule is Cc1nnn2c1COCC(CNC(=O)c1ccc3[nH]ccc3c1)C2. The van der Waals surface area contributed by atoms with E-state index in [1.165, 1.54) is 0 Å². The van der Waals surface area contributed by atoms with Crippen molar-refractivity contribution in [2.24, 2.45) is 5.92 Å². The van der Waals surface area contributed by atoms with Crippen LogP contribution in [0.25, 0.3) is 10.9 Å². The number of nitrogens with zero attached hydrogens (tertiary/aromatic N) is 3. The lowest BCUT2D eigenvalue weighted by molar-refractivity contribution is 0.0850. The number of rotatable bonds is 3. The molecule has 2 aromatic heterocycles. The molecule has 7 heteroatoms. The highest BCUT2D eigenvalue weighted by Gasteiger charge is 2.20. The summed E-state index contributed by atoms with van der Waals surface area (Å²) in [6, 6.07) is 7.60. The van der Waals surface area contributed by atoms with E-state index in [0.29, 0.717) is 31.9 Å². The van der Waals surface area contributed by atoms with Gasteiger partial charge in [0, 0.05) is 41.7 Å². The van der Waals surface area contributed by atoms with Gasteiger partial charge in [0.1, 0.15) is 0 Å². The molecule has 0 bridgehead atoms. The quantitative estimate of drug-likeness (QED) is 0.767. The first-order valence-electron chi connectivity index (χ1n) is 8.03. The fraction of sp³-hybridized carbons (Fsp3) is 0.353. The van der Waals surface area contributed by atoms with Gasteiger partial charge in [-0.05, 0) is 31.2 Å². The van der Waals surface area contributed by atoms with Gasteiger partial charge in [0.2, 0.25) is 0 Å². The summed E-state index contributed by atoms with van der Waals surface area (Å²) in [6.07, 6.45) is 1.87. The number of carbonyl (C=O) groups is 1. The summed E-state index contributed by atoms with van der Waals surface area (Å²) in [5.74, 6) is 0.102. The smallest absolute Gasteiger partial charge is 0.251 e. The van der Waals surface area contributed by atoms with E-state index in [4.69, 9.17) is 4.74 Å². The number of fused-ring (bicyclic) bond motifs is 2. The van der Waals surface area contributed by atoms with Gasteiger partial charge in [0.05, 0.1) is 24.6 Å². The van der Waals surface area contributed by atoms with Gasteiger partial charge < -0.3 is 15.0 Å². The Morgan fingerprint density at radius 2 is 2.38 bits per heavy atom. The van der Waals surface area contributed by atoms with Gasteiger partial charge in [-0.15, -0.1) is 5.10 Å². The molecule has 0 radical (unpaired) electrons. The highest BCUT2D eigenvalue weighted by atomic mass is 16.5. The molecule has 3 heterocycles. The summed E-state index contributed by atoms with van der Waals surface area (Å²) in [5, 5.41) is 12.3. The average molecular weight is 325 g/mol. The number of benzene rings is 1. The van der Waals surface area contributed by atoms with E-state index in [2.05, 4.69) is 20.6 Å². The van der Waals surface area contributed by atoms with Crippen molar-refractivity contribution in [2.75, 3.05) is 13.2 Å². The van der Waals surface area contributed by atoms with Gasteiger partial charge in [-0.1, -0.05) is 5.21 Å². The highest BCUT2D eigenvalue weighted by molar-refractivity contribution is 5.98. The molecule has 0 saturated heterocycles. The second-order valence-corrected chi connectivity index (χ2v) is 6.17. The number of nitrogens with one attached hydrogen (secondary N) is 2. The predicted octanol–water partition coefficient (Wildman–Crippen LogP) is 1.64. The third kappa shape index (κ3) is 2.78. The Balaban J connectivity index is 1.41. The van der Waals surface area contributed by atoms with E-state index >= 15 is 0 Å². The van der Waals surface area contributed by atoms with Crippen LogP contribution in [0.4, 0.5) is 0 Å². The third-order valence-corrected chi connectivity index (χ3v) is 4.42. The number of aryl methyl sites for hydroxylation is 1. The Hall–Kier alpha value is -2.67. The van der Waals surface area contributed by atoms with Crippen LogP contribution >= 0.6 is 0 Å². The van der Waals surface area contributed by atoms with Gasteiger partial charge in [-0.2, -0.15) is 0 Å². The standard InChI is InChI=1S/C17H19N5O2/c1-11-16-10-24-9-12(8-22(16)21-20-11)7-19-17(23)14-2-3-15-13(6-14)4-5-18-15/h2-6,12,18H,7-10H2,1H3,(H,19,23).